The molecule has 0 aliphatic rings. The first kappa shape index (κ1) is 19.7. The Morgan fingerprint density at radius 3 is 2.39 bits per heavy atom. The van der Waals surface area contributed by atoms with Crippen molar-refractivity contribution in [3.8, 4) is 11.3 Å². The fourth-order valence-electron chi connectivity index (χ4n) is 2.88. The van der Waals surface area contributed by atoms with Crippen molar-refractivity contribution in [1.29, 1.82) is 0 Å². The van der Waals surface area contributed by atoms with Gasteiger partial charge in [-0.2, -0.15) is 0 Å². The van der Waals surface area contributed by atoms with Crippen molar-refractivity contribution in [3.63, 3.8) is 0 Å². The first-order valence-electron chi connectivity index (χ1n) is 8.96. The Hall–Kier alpha value is -3.02. The molecular formula is C22H22F2N2O2. The van der Waals surface area contributed by atoms with Crippen molar-refractivity contribution >= 4 is 5.91 Å². The number of hydrogen-bond donors (Lipinski definition) is 1. The van der Waals surface area contributed by atoms with Crippen LogP contribution in [0.15, 0.2) is 47.0 Å². The maximum atomic E-state index is 13.8. The van der Waals surface area contributed by atoms with Crippen LogP contribution >= 0.6 is 0 Å². The van der Waals surface area contributed by atoms with E-state index in [4.69, 9.17) is 4.52 Å². The van der Waals surface area contributed by atoms with Crippen LogP contribution in [0.1, 0.15) is 48.0 Å². The fourth-order valence-corrected chi connectivity index (χ4v) is 2.88. The van der Waals surface area contributed by atoms with Gasteiger partial charge in [0.2, 0.25) is 0 Å². The van der Waals surface area contributed by atoms with Gasteiger partial charge in [-0.05, 0) is 24.0 Å². The van der Waals surface area contributed by atoms with Crippen molar-refractivity contribution in [2.24, 2.45) is 0 Å². The first-order valence-corrected chi connectivity index (χ1v) is 8.96. The van der Waals surface area contributed by atoms with Crippen LogP contribution in [0, 0.1) is 18.6 Å². The summed E-state index contributed by atoms with van der Waals surface area (Å²) in [5.41, 5.74) is 2.82. The maximum Gasteiger partial charge on any atom is 0.257 e. The zero-order valence-corrected chi connectivity index (χ0v) is 16.3. The van der Waals surface area contributed by atoms with E-state index in [-0.39, 0.29) is 17.5 Å². The Morgan fingerprint density at radius 2 is 1.79 bits per heavy atom. The molecule has 0 bridgehead atoms. The number of amides is 1. The number of carbonyl (C=O) groups is 1. The Bertz CT molecular complexity index is 1000. The van der Waals surface area contributed by atoms with Gasteiger partial charge in [-0.3, -0.25) is 4.79 Å². The van der Waals surface area contributed by atoms with Crippen molar-refractivity contribution < 1.29 is 18.1 Å². The second-order valence-corrected chi connectivity index (χ2v) is 7.72. The van der Waals surface area contributed by atoms with Gasteiger partial charge in [0.1, 0.15) is 17.2 Å². The van der Waals surface area contributed by atoms with E-state index in [0.29, 0.717) is 17.0 Å². The summed E-state index contributed by atoms with van der Waals surface area (Å²) >= 11 is 0. The monoisotopic (exact) mass is 384 g/mol. The highest BCUT2D eigenvalue weighted by Gasteiger charge is 2.22. The topological polar surface area (TPSA) is 55.1 Å². The van der Waals surface area contributed by atoms with Crippen molar-refractivity contribution in [3.05, 3.63) is 76.5 Å². The summed E-state index contributed by atoms with van der Waals surface area (Å²) in [5, 5.41) is 6.56. The third kappa shape index (κ3) is 4.11. The Kier molecular flexibility index (Phi) is 5.31. The van der Waals surface area contributed by atoms with E-state index in [1.165, 1.54) is 6.07 Å². The summed E-state index contributed by atoms with van der Waals surface area (Å²) in [5.74, 6) is -1.45. The van der Waals surface area contributed by atoms with Gasteiger partial charge in [-0.15, -0.1) is 0 Å². The number of benzene rings is 2. The van der Waals surface area contributed by atoms with Gasteiger partial charge in [-0.25, -0.2) is 8.78 Å². The zero-order valence-electron chi connectivity index (χ0n) is 16.3. The first-order chi connectivity index (χ1) is 13.2. The minimum atomic E-state index is -0.708. The number of halogens is 2. The Balaban J connectivity index is 1.83. The van der Waals surface area contributed by atoms with Crippen LogP contribution in [0.5, 0.6) is 0 Å². The number of aromatic nitrogens is 1. The molecule has 0 spiro atoms. The summed E-state index contributed by atoms with van der Waals surface area (Å²) in [6.07, 6.45) is 0. The predicted octanol–water partition coefficient (Wildman–Crippen LogP) is 5.16. The quantitative estimate of drug-likeness (QED) is 0.676. The lowest BCUT2D eigenvalue weighted by Gasteiger charge is -2.18. The molecule has 0 unspecified atom stereocenters. The molecular weight excluding hydrogens is 362 g/mol. The molecule has 2 aromatic carbocycles. The summed E-state index contributed by atoms with van der Waals surface area (Å²) < 4.78 is 32.2. The largest absolute Gasteiger partial charge is 0.355 e. The molecule has 1 N–H and O–H groups in total. The van der Waals surface area contributed by atoms with E-state index in [9.17, 15) is 13.6 Å². The molecule has 0 fully saturated rings. The third-order valence-corrected chi connectivity index (χ3v) is 4.56. The molecule has 146 valence electrons. The molecule has 0 aliphatic heterocycles. The maximum absolute atomic E-state index is 13.8. The number of hydrogen-bond acceptors (Lipinski definition) is 3. The van der Waals surface area contributed by atoms with Gasteiger partial charge < -0.3 is 9.84 Å². The normalized spacial score (nSPS) is 11.5. The predicted molar refractivity (Wildman–Crippen MR) is 103 cm³/mol. The second kappa shape index (κ2) is 7.54. The number of rotatable bonds is 4. The lowest BCUT2D eigenvalue weighted by atomic mass is 9.86. The minimum Gasteiger partial charge on any atom is -0.355 e. The SMILES string of the molecule is Cc1noc(-c2ccc(C(C)(C)C)cc2)c1C(=O)NCc1ccc(F)cc1F. The molecule has 4 nitrogen and oxygen atoms in total. The smallest absolute Gasteiger partial charge is 0.257 e. The lowest BCUT2D eigenvalue weighted by molar-refractivity contribution is 0.0950. The van der Waals surface area contributed by atoms with Gasteiger partial charge in [0.15, 0.2) is 5.76 Å². The molecule has 0 atom stereocenters. The number of carbonyl (C=O) groups excluding carboxylic acids is 1. The number of aryl methyl sites for hydroxylation is 1. The molecule has 0 radical (unpaired) electrons. The van der Waals surface area contributed by atoms with Crippen LogP contribution in [0.4, 0.5) is 8.78 Å². The highest BCUT2D eigenvalue weighted by molar-refractivity contribution is 6.00. The van der Waals surface area contributed by atoms with Crippen molar-refractivity contribution in [2.45, 2.75) is 39.7 Å². The Labute approximate surface area is 162 Å². The van der Waals surface area contributed by atoms with E-state index < -0.39 is 17.5 Å². The second-order valence-electron chi connectivity index (χ2n) is 7.72. The summed E-state index contributed by atoms with van der Waals surface area (Å²) in [4.78, 5) is 12.7. The van der Waals surface area contributed by atoms with Crippen LogP contribution in [-0.4, -0.2) is 11.1 Å². The molecule has 1 heterocycles. The van der Waals surface area contributed by atoms with Gasteiger partial charge in [0.25, 0.3) is 5.91 Å². The van der Waals surface area contributed by atoms with E-state index in [2.05, 4.69) is 31.2 Å². The average Bonchev–Trinajstić information content (AvgIpc) is 3.02. The van der Waals surface area contributed by atoms with E-state index in [1.807, 2.05) is 24.3 Å². The highest BCUT2D eigenvalue weighted by Crippen LogP contribution is 2.29. The third-order valence-electron chi connectivity index (χ3n) is 4.56. The average molecular weight is 384 g/mol. The molecule has 1 amide bonds. The van der Waals surface area contributed by atoms with E-state index in [0.717, 1.165) is 23.3 Å². The molecule has 1 aromatic heterocycles. The van der Waals surface area contributed by atoms with Crippen molar-refractivity contribution in [1.82, 2.24) is 10.5 Å². The fraction of sp³-hybridized carbons (Fsp3) is 0.273. The molecule has 3 aromatic rings. The van der Waals surface area contributed by atoms with Gasteiger partial charge >= 0.3 is 0 Å². The molecule has 6 heteroatoms. The van der Waals surface area contributed by atoms with Crippen LogP contribution in [-0.2, 0) is 12.0 Å². The summed E-state index contributed by atoms with van der Waals surface area (Å²) in [6.45, 7) is 7.96. The minimum absolute atomic E-state index is 0.00922. The molecule has 3 rings (SSSR count). The van der Waals surface area contributed by atoms with Gasteiger partial charge in [0.05, 0.1) is 5.69 Å². The van der Waals surface area contributed by atoms with Crippen LogP contribution < -0.4 is 5.32 Å². The molecule has 0 saturated heterocycles. The van der Waals surface area contributed by atoms with Crippen LogP contribution in [0.25, 0.3) is 11.3 Å². The van der Waals surface area contributed by atoms with Crippen LogP contribution in [0.2, 0.25) is 0 Å². The summed E-state index contributed by atoms with van der Waals surface area (Å²) in [7, 11) is 0. The van der Waals surface area contributed by atoms with Crippen LogP contribution in [0.3, 0.4) is 0 Å². The van der Waals surface area contributed by atoms with Gasteiger partial charge in [0, 0.05) is 23.7 Å². The molecule has 0 aliphatic carbocycles. The summed E-state index contributed by atoms with van der Waals surface area (Å²) in [6, 6.07) is 11.0. The standard InChI is InChI=1S/C22H22F2N2O2/c1-13-19(21(27)25-12-15-7-10-17(23)11-18(15)24)20(28-26-13)14-5-8-16(9-6-14)22(2,3)4/h5-11H,12H2,1-4H3,(H,25,27). The Morgan fingerprint density at radius 1 is 1.11 bits per heavy atom. The van der Waals surface area contributed by atoms with Crippen molar-refractivity contribution in [2.75, 3.05) is 0 Å². The molecule has 28 heavy (non-hydrogen) atoms. The van der Waals surface area contributed by atoms with Gasteiger partial charge in [-0.1, -0.05) is 56.3 Å². The molecule has 0 saturated carbocycles. The van der Waals surface area contributed by atoms with E-state index in [1.54, 1.807) is 6.92 Å². The lowest BCUT2D eigenvalue weighted by Crippen LogP contribution is -2.24. The number of nitrogens with one attached hydrogen (secondary N) is 1. The zero-order chi connectivity index (χ0) is 20.5. The highest BCUT2D eigenvalue weighted by atomic mass is 19.1. The number of nitrogens with zero attached hydrogens (tertiary/aromatic N) is 1. The van der Waals surface area contributed by atoms with E-state index >= 15 is 0 Å².